The molecule has 1 aromatic heterocycles. The topological polar surface area (TPSA) is 34.1 Å². The number of methoxy groups -OCH3 is 1. The summed E-state index contributed by atoms with van der Waals surface area (Å²) in [4.78, 5) is 4.28. The van der Waals surface area contributed by atoms with Crippen LogP contribution in [0.25, 0.3) is 0 Å². The summed E-state index contributed by atoms with van der Waals surface area (Å²) in [7, 11) is 1.63. The van der Waals surface area contributed by atoms with Gasteiger partial charge in [0.1, 0.15) is 5.01 Å². The number of halogens is 2. The van der Waals surface area contributed by atoms with E-state index in [1.165, 1.54) is 0 Å². The summed E-state index contributed by atoms with van der Waals surface area (Å²) in [6.07, 6.45) is 1.79. The van der Waals surface area contributed by atoms with Gasteiger partial charge in [-0.15, -0.1) is 11.3 Å². The van der Waals surface area contributed by atoms with E-state index in [1.807, 2.05) is 18.4 Å². The van der Waals surface area contributed by atoms with Crippen LogP contribution in [0.2, 0.25) is 5.02 Å². The van der Waals surface area contributed by atoms with Gasteiger partial charge in [-0.05, 0) is 35.0 Å². The molecule has 0 aliphatic rings. The largest absolute Gasteiger partial charge is 0.493 e. The van der Waals surface area contributed by atoms with Gasteiger partial charge >= 0.3 is 0 Å². The molecular formula is C12H12BrClN2OS. The van der Waals surface area contributed by atoms with Crippen molar-refractivity contribution in [2.24, 2.45) is 0 Å². The smallest absolute Gasteiger partial charge is 0.156 e. The molecule has 6 heteroatoms. The van der Waals surface area contributed by atoms with Crippen molar-refractivity contribution >= 4 is 44.6 Å². The van der Waals surface area contributed by atoms with Crippen molar-refractivity contribution in [3.8, 4) is 5.75 Å². The highest BCUT2D eigenvalue weighted by molar-refractivity contribution is 9.10. The van der Waals surface area contributed by atoms with E-state index in [-0.39, 0.29) is 6.04 Å². The lowest BCUT2D eigenvalue weighted by atomic mass is 10.2. The van der Waals surface area contributed by atoms with Crippen LogP contribution < -0.4 is 10.1 Å². The van der Waals surface area contributed by atoms with Crippen LogP contribution in [-0.2, 0) is 0 Å². The Morgan fingerprint density at radius 1 is 1.50 bits per heavy atom. The minimum Gasteiger partial charge on any atom is -0.493 e. The maximum atomic E-state index is 6.05. The Bertz CT molecular complexity index is 533. The Morgan fingerprint density at radius 3 is 2.89 bits per heavy atom. The third-order valence-electron chi connectivity index (χ3n) is 2.41. The van der Waals surface area contributed by atoms with Crippen molar-refractivity contribution in [2.75, 3.05) is 12.4 Å². The number of nitrogens with zero attached hydrogens (tertiary/aromatic N) is 1. The molecule has 18 heavy (non-hydrogen) atoms. The Kier molecular flexibility index (Phi) is 4.48. The molecule has 0 saturated heterocycles. The van der Waals surface area contributed by atoms with Crippen LogP contribution in [0.4, 0.5) is 5.69 Å². The number of benzene rings is 1. The van der Waals surface area contributed by atoms with E-state index in [9.17, 15) is 0 Å². The van der Waals surface area contributed by atoms with E-state index < -0.39 is 0 Å². The van der Waals surface area contributed by atoms with Gasteiger partial charge < -0.3 is 10.1 Å². The summed E-state index contributed by atoms with van der Waals surface area (Å²) < 4.78 is 6.19. The summed E-state index contributed by atoms with van der Waals surface area (Å²) >= 11 is 11.1. The normalized spacial score (nSPS) is 12.2. The molecule has 0 spiro atoms. The van der Waals surface area contributed by atoms with Crippen LogP contribution in [0.3, 0.4) is 0 Å². The van der Waals surface area contributed by atoms with Crippen molar-refractivity contribution in [1.29, 1.82) is 0 Å². The third-order valence-corrected chi connectivity index (χ3v) is 4.17. The number of thiazole rings is 1. The SMILES string of the molecule is COc1c(Br)cc(Cl)cc1NC(C)c1nccs1. The van der Waals surface area contributed by atoms with E-state index >= 15 is 0 Å². The summed E-state index contributed by atoms with van der Waals surface area (Å²) in [5.74, 6) is 0.739. The maximum absolute atomic E-state index is 6.05. The monoisotopic (exact) mass is 346 g/mol. The summed E-state index contributed by atoms with van der Waals surface area (Å²) in [5, 5.41) is 6.98. The van der Waals surface area contributed by atoms with Crippen molar-refractivity contribution in [2.45, 2.75) is 13.0 Å². The molecule has 2 rings (SSSR count). The van der Waals surface area contributed by atoms with Crippen LogP contribution in [0.5, 0.6) is 5.75 Å². The quantitative estimate of drug-likeness (QED) is 0.867. The van der Waals surface area contributed by atoms with Crippen molar-refractivity contribution in [1.82, 2.24) is 4.98 Å². The van der Waals surface area contributed by atoms with E-state index in [0.29, 0.717) is 5.02 Å². The van der Waals surface area contributed by atoms with Gasteiger partial charge in [0.25, 0.3) is 0 Å². The average Bonchev–Trinajstić information content (AvgIpc) is 2.81. The molecule has 0 amide bonds. The molecule has 1 unspecified atom stereocenters. The molecule has 0 fully saturated rings. The van der Waals surface area contributed by atoms with Gasteiger partial charge in [0, 0.05) is 16.6 Å². The molecular weight excluding hydrogens is 336 g/mol. The lowest BCUT2D eigenvalue weighted by molar-refractivity contribution is 0.413. The second kappa shape index (κ2) is 5.91. The Hall–Kier alpha value is -0.780. The second-order valence-electron chi connectivity index (χ2n) is 3.70. The molecule has 1 N–H and O–H groups in total. The number of anilines is 1. The Morgan fingerprint density at radius 2 is 2.28 bits per heavy atom. The number of ether oxygens (including phenoxy) is 1. The summed E-state index contributed by atoms with van der Waals surface area (Å²) in [6.45, 7) is 2.05. The molecule has 0 bridgehead atoms. The molecule has 0 saturated carbocycles. The van der Waals surface area contributed by atoms with Crippen LogP contribution in [0.1, 0.15) is 18.0 Å². The molecule has 0 aliphatic carbocycles. The van der Waals surface area contributed by atoms with Gasteiger partial charge in [-0.25, -0.2) is 4.98 Å². The zero-order valence-corrected chi connectivity index (χ0v) is 13.1. The summed E-state index contributed by atoms with van der Waals surface area (Å²) in [6, 6.07) is 3.75. The first-order valence-electron chi connectivity index (χ1n) is 5.30. The predicted octanol–water partition coefficient (Wildman–Crippen LogP) is 4.74. The number of aromatic nitrogens is 1. The van der Waals surface area contributed by atoms with Crippen molar-refractivity contribution in [3.05, 3.63) is 38.2 Å². The fourth-order valence-corrected chi connectivity index (χ4v) is 3.24. The molecule has 2 aromatic rings. The van der Waals surface area contributed by atoms with Crippen LogP contribution >= 0.6 is 38.9 Å². The Labute approximate surface area is 123 Å². The predicted molar refractivity (Wildman–Crippen MR) is 79.9 cm³/mol. The third kappa shape index (κ3) is 2.96. The first-order valence-corrected chi connectivity index (χ1v) is 7.36. The number of hydrogen-bond donors (Lipinski definition) is 1. The van der Waals surface area contributed by atoms with Gasteiger partial charge in [0.2, 0.25) is 0 Å². The van der Waals surface area contributed by atoms with E-state index in [1.54, 1.807) is 30.7 Å². The first kappa shape index (κ1) is 13.6. The lowest BCUT2D eigenvalue weighted by Gasteiger charge is -2.17. The fourth-order valence-electron chi connectivity index (χ4n) is 1.62. The molecule has 1 heterocycles. The van der Waals surface area contributed by atoms with Crippen molar-refractivity contribution in [3.63, 3.8) is 0 Å². The van der Waals surface area contributed by atoms with Crippen molar-refractivity contribution < 1.29 is 4.74 Å². The first-order chi connectivity index (χ1) is 8.61. The minimum absolute atomic E-state index is 0.101. The van der Waals surface area contributed by atoms with Gasteiger partial charge in [-0.2, -0.15) is 0 Å². The standard InChI is InChI=1S/C12H12BrClN2OS/c1-7(12-15-3-4-18-12)16-10-6-8(14)5-9(13)11(10)17-2/h3-7,16H,1-2H3. The molecule has 1 atom stereocenters. The molecule has 1 aromatic carbocycles. The number of hydrogen-bond acceptors (Lipinski definition) is 4. The molecule has 96 valence electrons. The van der Waals surface area contributed by atoms with Gasteiger partial charge in [0.05, 0.1) is 23.3 Å². The highest BCUT2D eigenvalue weighted by Crippen LogP contribution is 2.38. The summed E-state index contributed by atoms with van der Waals surface area (Å²) in [5.41, 5.74) is 0.847. The Balaban J connectivity index is 2.28. The van der Waals surface area contributed by atoms with E-state index in [0.717, 1.165) is 20.9 Å². The van der Waals surface area contributed by atoms with Crippen LogP contribution in [0, 0.1) is 0 Å². The average molecular weight is 348 g/mol. The highest BCUT2D eigenvalue weighted by atomic mass is 79.9. The highest BCUT2D eigenvalue weighted by Gasteiger charge is 2.14. The van der Waals surface area contributed by atoms with E-state index in [2.05, 4.69) is 26.2 Å². The fraction of sp³-hybridized carbons (Fsp3) is 0.250. The number of rotatable bonds is 4. The maximum Gasteiger partial charge on any atom is 0.156 e. The van der Waals surface area contributed by atoms with E-state index in [4.69, 9.17) is 16.3 Å². The van der Waals surface area contributed by atoms with Gasteiger partial charge in [0.15, 0.2) is 5.75 Å². The molecule has 0 radical (unpaired) electrons. The van der Waals surface area contributed by atoms with Gasteiger partial charge in [-0.1, -0.05) is 11.6 Å². The minimum atomic E-state index is 0.101. The zero-order chi connectivity index (χ0) is 13.1. The zero-order valence-electron chi connectivity index (χ0n) is 9.91. The molecule has 3 nitrogen and oxygen atoms in total. The van der Waals surface area contributed by atoms with Gasteiger partial charge in [-0.3, -0.25) is 0 Å². The lowest BCUT2D eigenvalue weighted by Crippen LogP contribution is -2.07. The number of nitrogens with one attached hydrogen (secondary N) is 1. The van der Waals surface area contributed by atoms with Crippen LogP contribution in [0.15, 0.2) is 28.2 Å². The molecule has 0 aliphatic heterocycles. The second-order valence-corrected chi connectivity index (χ2v) is 5.92. The van der Waals surface area contributed by atoms with Crippen LogP contribution in [-0.4, -0.2) is 12.1 Å².